The van der Waals surface area contributed by atoms with Crippen molar-refractivity contribution in [2.75, 3.05) is 13.1 Å². The van der Waals surface area contributed by atoms with E-state index in [1.54, 1.807) is 4.90 Å². The molecule has 0 radical (unpaired) electrons. The fourth-order valence-corrected chi connectivity index (χ4v) is 2.37. The Kier molecular flexibility index (Phi) is 4.11. The van der Waals surface area contributed by atoms with E-state index in [2.05, 4.69) is 0 Å². The topological polar surface area (TPSA) is 60.8 Å². The highest BCUT2D eigenvalue weighted by atomic mass is 19.2. The van der Waals surface area contributed by atoms with Crippen molar-refractivity contribution in [2.45, 2.75) is 25.0 Å². The molecular formula is C13H15F2NO3. The molecule has 0 aromatic heterocycles. The van der Waals surface area contributed by atoms with Gasteiger partial charge >= 0.3 is 5.97 Å². The summed E-state index contributed by atoms with van der Waals surface area (Å²) in [6.45, 7) is 0.680. The third kappa shape index (κ3) is 3.08. The van der Waals surface area contributed by atoms with E-state index in [0.29, 0.717) is 13.0 Å². The Morgan fingerprint density at radius 2 is 2.16 bits per heavy atom. The number of halogens is 2. The molecule has 1 aliphatic heterocycles. The van der Waals surface area contributed by atoms with E-state index in [-0.39, 0.29) is 12.1 Å². The average molecular weight is 271 g/mol. The van der Waals surface area contributed by atoms with Crippen molar-refractivity contribution in [1.29, 1.82) is 0 Å². The van der Waals surface area contributed by atoms with E-state index in [4.69, 9.17) is 5.11 Å². The molecule has 2 unspecified atom stereocenters. The number of nitrogens with zero attached hydrogens (tertiary/aromatic N) is 1. The number of aliphatic hydroxyl groups is 1. The lowest BCUT2D eigenvalue weighted by Crippen LogP contribution is -2.38. The van der Waals surface area contributed by atoms with Gasteiger partial charge in [0.25, 0.3) is 0 Å². The van der Waals surface area contributed by atoms with Crippen LogP contribution in [0.4, 0.5) is 8.78 Å². The second-order valence-electron chi connectivity index (χ2n) is 4.68. The molecule has 0 saturated carbocycles. The highest BCUT2D eigenvalue weighted by Crippen LogP contribution is 2.23. The van der Waals surface area contributed by atoms with E-state index in [0.717, 1.165) is 18.6 Å². The zero-order valence-electron chi connectivity index (χ0n) is 10.2. The molecule has 2 N–H and O–H groups in total. The molecule has 0 amide bonds. The molecule has 19 heavy (non-hydrogen) atoms. The number of carboxylic acids is 1. The number of rotatable bonds is 4. The first-order valence-corrected chi connectivity index (χ1v) is 6.09. The quantitative estimate of drug-likeness (QED) is 0.872. The van der Waals surface area contributed by atoms with Gasteiger partial charge < -0.3 is 10.2 Å². The zero-order valence-corrected chi connectivity index (χ0v) is 10.2. The Balaban J connectivity index is 2.06. The molecule has 1 aromatic carbocycles. The van der Waals surface area contributed by atoms with Gasteiger partial charge in [0.15, 0.2) is 11.6 Å². The van der Waals surface area contributed by atoms with Gasteiger partial charge in [-0.05, 0) is 37.1 Å². The molecular weight excluding hydrogens is 256 g/mol. The summed E-state index contributed by atoms with van der Waals surface area (Å²) in [5.74, 6) is -2.91. The predicted molar refractivity (Wildman–Crippen MR) is 63.5 cm³/mol. The molecule has 0 bridgehead atoms. The first-order valence-electron chi connectivity index (χ1n) is 6.09. The second-order valence-corrected chi connectivity index (χ2v) is 4.68. The minimum Gasteiger partial charge on any atom is -0.480 e. The minimum atomic E-state index is -1.03. The standard InChI is InChI=1S/C13H15F2NO3/c14-9-4-3-8(6-10(9)15)12(17)7-16-5-1-2-11(16)13(18)19/h3-4,6,11-12,17H,1-2,5,7H2,(H,18,19). The molecule has 4 nitrogen and oxygen atoms in total. The minimum absolute atomic E-state index is 0.0992. The average Bonchev–Trinajstić information content (AvgIpc) is 2.80. The third-order valence-electron chi connectivity index (χ3n) is 3.38. The highest BCUT2D eigenvalue weighted by Gasteiger charge is 2.31. The summed E-state index contributed by atoms with van der Waals surface area (Å²) in [5.41, 5.74) is 0.245. The van der Waals surface area contributed by atoms with E-state index < -0.39 is 29.7 Å². The molecule has 2 atom stereocenters. The van der Waals surface area contributed by atoms with Gasteiger partial charge in [-0.25, -0.2) is 8.78 Å². The number of benzene rings is 1. The van der Waals surface area contributed by atoms with Gasteiger partial charge in [-0.1, -0.05) is 6.07 Å². The summed E-state index contributed by atoms with van der Waals surface area (Å²) >= 11 is 0. The summed E-state index contributed by atoms with van der Waals surface area (Å²) in [6.07, 6.45) is 0.261. The SMILES string of the molecule is O=C(O)C1CCCN1CC(O)c1ccc(F)c(F)c1. The van der Waals surface area contributed by atoms with Crippen molar-refractivity contribution in [3.8, 4) is 0 Å². The number of aliphatic hydroxyl groups excluding tert-OH is 1. The van der Waals surface area contributed by atoms with Crippen molar-refractivity contribution in [3.05, 3.63) is 35.4 Å². The maximum atomic E-state index is 13.1. The molecule has 1 aliphatic rings. The summed E-state index contributed by atoms with van der Waals surface area (Å²) in [5, 5.41) is 19.0. The summed E-state index contributed by atoms with van der Waals surface area (Å²) < 4.78 is 25.9. The number of hydrogen-bond acceptors (Lipinski definition) is 3. The Bertz CT molecular complexity index is 481. The van der Waals surface area contributed by atoms with Crippen LogP contribution < -0.4 is 0 Å². The number of β-amino-alcohol motifs (C(OH)–C–C–N with tert-alkyl or cyclic N) is 1. The number of likely N-dealkylation sites (tertiary alicyclic amines) is 1. The number of hydrogen-bond donors (Lipinski definition) is 2. The number of carboxylic acid groups (broad SMARTS) is 1. The Morgan fingerprint density at radius 1 is 1.42 bits per heavy atom. The maximum absolute atomic E-state index is 13.1. The lowest BCUT2D eigenvalue weighted by Gasteiger charge is -2.24. The van der Waals surface area contributed by atoms with Crippen LogP contribution >= 0.6 is 0 Å². The van der Waals surface area contributed by atoms with Crippen LogP contribution in [-0.4, -0.2) is 40.2 Å². The van der Waals surface area contributed by atoms with Gasteiger partial charge in [0.1, 0.15) is 6.04 Å². The molecule has 1 saturated heterocycles. The monoisotopic (exact) mass is 271 g/mol. The van der Waals surface area contributed by atoms with Crippen LogP contribution in [0, 0.1) is 11.6 Å². The van der Waals surface area contributed by atoms with Crippen LogP contribution in [-0.2, 0) is 4.79 Å². The zero-order chi connectivity index (χ0) is 14.0. The lowest BCUT2D eigenvalue weighted by molar-refractivity contribution is -0.142. The molecule has 1 aromatic rings. The fraction of sp³-hybridized carbons (Fsp3) is 0.462. The Hall–Kier alpha value is -1.53. The first-order chi connectivity index (χ1) is 8.99. The van der Waals surface area contributed by atoms with E-state index in [1.807, 2.05) is 0 Å². The van der Waals surface area contributed by atoms with Gasteiger partial charge in [-0.15, -0.1) is 0 Å². The lowest BCUT2D eigenvalue weighted by atomic mass is 10.1. The van der Waals surface area contributed by atoms with Crippen LogP contribution in [0.25, 0.3) is 0 Å². The van der Waals surface area contributed by atoms with Crippen LogP contribution in [0.2, 0.25) is 0 Å². The van der Waals surface area contributed by atoms with Crippen molar-refractivity contribution < 1.29 is 23.8 Å². The van der Waals surface area contributed by atoms with Crippen LogP contribution in [0.3, 0.4) is 0 Å². The first kappa shape index (κ1) is 13.9. The van der Waals surface area contributed by atoms with E-state index in [1.165, 1.54) is 6.07 Å². The van der Waals surface area contributed by atoms with Gasteiger partial charge in [0.2, 0.25) is 0 Å². The summed E-state index contributed by atoms with van der Waals surface area (Å²) in [7, 11) is 0. The molecule has 2 rings (SSSR count). The molecule has 1 heterocycles. The van der Waals surface area contributed by atoms with Gasteiger partial charge in [-0.3, -0.25) is 9.69 Å². The number of carbonyl (C=O) groups is 1. The van der Waals surface area contributed by atoms with Crippen molar-refractivity contribution in [2.24, 2.45) is 0 Å². The normalized spacial score (nSPS) is 21.5. The van der Waals surface area contributed by atoms with Crippen molar-refractivity contribution in [1.82, 2.24) is 4.90 Å². The number of aliphatic carboxylic acids is 1. The van der Waals surface area contributed by atoms with Crippen LogP contribution in [0.5, 0.6) is 0 Å². The maximum Gasteiger partial charge on any atom is 0.320 e. The molecule has 6 heteroatoms. The Labute approximate surface area is 109 Å². The van der Waals surface area contributed by atoms with Crippen LogP contribution in [0.15, 0.2) is 18.2 Å². The summed E-state index contributed by atoms with van der Waals surface area (Å²) in [4.78, 5) is 12.6. The van der Waals surface area contributed by atoms with Gasteiger partial charge in [0.05, 0.1) is 6.10 Å². The third-order valence-corrected chi connectivity index (χ3v) is 3.38. The second kappa shape index (κ2) is 5.63. The van der Waals surface area contributed by atoms with Gasteiger partial charge in [-0.2, -0.15) is 0 Å². The van der Waals surface area contributed by atoms with Crippen LogP contribution in [0.1, 0.15) is 24.5 Å². The largest absolute Gasteiger partial charge is 0.480 e. The predicted octanol–water partition coefficient (Wildman–Crippen LogP) is 1.55. The van der Waals surface area contributed by atoms with E-state index in [9.17, 15) is 18.7 Å². The summed E-state index contributed by atoms with van der Waals surface area (Å²) in [6, 6.07) is 2.58. The Morgan fingerprint density at radius 3 is 2.79 bits per heavy atom. The molecule has 104 valence electrons. The molecule has 0 spiro atoms. The van der Waals surface area contributed by atoms with Gasteiger partial charge in [0, 0.05) is 6.54 Å². The van der Waals surface area contributed by atoms with Crippen molar-refractivity contribution >= 4 is 5.97 Å². The highest BCUT2D eigenvalue weighted by molar-refractivity contribution is 5.73. The van der Waals surface area contributed by atoms with E-state index >= 15 is 0 Å². The smallest absolute Gasteiger partial charge is 0.320 e. The molecule has 0 aliphatic carbocycles. The van der Waals surface area contributed by atoms with Crippen molar-refractivity contribution in [3.63, 3.8) is 0 Å². The molecule has 1 fully saturated rings. The fourth-order valence-electron chi connectivity index (χ4n) is 2.37.